The molecular weight excluding hydrogens is 248 g/mol. The molecule has 1 heterocycles. The second-order valence-electron chi connectivity index (χ2n) is 4.49. The van der Waals surface area contributed by atoms with E-state index in [0.29, 0.717) is 6.10 Å². The Labute approximate surface area is 112 Å². The Bertz CT molecular complexity index is 400. The van der Waals surface area contributed by atoms with Crippen molar-refractivity contribution in [1.29, 1.82) is 0 Å². The van der Waals surface area contributed by atoms with Gasteiger partial charge in [0, 0.05) is 18.1 Å². The molecule has 2 rings (SSSR count). The maximum Gasteiger partial charge on any atom is 0.307 e. The Kier molecular flexibility index (Phi) is 5.08. The number of ether oxygens (including phenoxy) is 1. The summed E-state index contributed by atoms with van der Waals surface area (Å²) in [7, 11) is 0. The highest BCUT2D eigenvalue weighted by Gasteiger charge is 2.15. The largest absolute Gasteiger partial charge is 0.481 e. The summed E-state index contributed by atoms with van der Waals surface area (Å²) < 4.78 is 5.57. The normalized spacial score (nSPS) is 19.0. The molecule has 1 aromatic rings. The molecular formula is C14H18O3S. The topological polar surface area (TPSA) is 46.5 Å². The van der Waals surface area contributed by atoms with E-state index in [1.807, 2.05) is 36.0 Å². The smallest absolute Gasteiger partial charge is 0.307 e. The van der Waals surface area contributed by atoms with Crippen molar-refractivity contribution in [3.8, 4) is 0 Å². The van der Waals surface area contributed by atoms with Gasteiger partial charge in [0.2, 0.25) is 0 Å². The number of carboxylic acid groups (broad SMARTS) is 1. The number of rotatable bonds is 6. The number of aliphatic carboxylic acids is 1. The van der Waals surface area contributed by atoms with Gasteiger partial charge in [-0.3, -0.25) is 4.79 Å². The molecule has 1 fully saturated rings. The Morgan fingerprint density at radius 3 is 2.83 bits per heavy atom. The quantitative estimate of drug-likeness (QED) is 0.860. The molecule has 0 aromatic heterocycles. The molecule has 4 heteroatoms. The van der Waals surface area contributed by atoms with Crippen LogP contribution in [-0.4, -0.2) is 29.5 Å². The lowest BCUT2D eigenvalue weighted by atomic mass is 10.1. The van der Waals surface area contributed by atoms with E-state index in [-0.39, 0.29) is 6.42 Å². The monoisotopic (exact) mass is 266 g/mol. The number of hydrogen-bond donors (Lipinski definition) is 1. The molecule has 98 valence electrons. The summed E-state index contributed by atoms with van der Waals surface area (Å²) in [5.41, 5.74) is 2.05. The fourth-order valence-corrected chi connectivity index (χ4v) is 3.25. The highest BCUT2D eigenvalue weighted by Crippen LogP contribution is 2.22. The lowest BCUT2D eigenvalue weighted by Crippen LogP contribution is -2.08. The maximum atomic E-state index is 10.8. The van der Waals surface area contributed by atoms with E-state index < -0.39 is 5.97 Å². The van der Waals surface area contributed by atoms with Gasteiger partial charge < -0.3 is 9.84 Å². The summed E-state index contributed by atoms with van der Waals surface area (Å²) in [6, 6.07) is 7.77. The molecule has 3 nitrogen and oxygen atoms in total. The van der Waals surface area contributed by atoms with E-state index in [1.54, 1.807) is 0 Å². The minimum absolute atomic E-state index is 0.108. The Balaban J connectivity index is 1.85. The van der Waals surface area contributed by atoms with Crippen LogP contribution in [0.15, 0.2) is 24.3 Å². The molecule has 1 N–H and O–H groups in total. The molecule has 0 radical (unpaired) electrons. The number of carbonyl (C=O) groups is 1. The Hall–Kier alpha value is -1.00. The molecule has 1 aliphatic heterocycles. The van der Waals surface area contributed by atoms with E-state index in [0.717, 1.165) is 35.7 Å². The van der Waals surface area contributed by atoms with Crippen LogP contribution in [0.3, 0.4) is 0 Å². The first-order valence-corrected chi connectivity index (χ1v) is 7.39. The Morgan fingerprint density at radius 2 is 2.17 bits per heavy atom. The zero-order valence-corrected chi connectivity index (χ0v) is 11.1. The van der Waals surface area contributed by atoms with Crippen LogP contribution in [0.2, 0.25) is 0 Å². The lowest BCUT2D eigenvalue weighted by molar-refractivity contribution is -0.136. The average molecular weight is 266 g/mol. The standard InChI is InChI=1S/C14H18O3S/c15-14(16)8-11-4-1-2-5-12(11)9-18-10-13-6-3-7-17-13/h1-2,4-5,13H,3,6-10H2,(H,15,16). The van der Waals surface area contributed by atoms with Gasteiger partial charge in [0.05, 0.1) is 12.5 Å². The SMILES string of the molecule is O=C(O)Cc1ccccc1CSCC1CCCO1. The second-order valence-corrected chi connectivity index (χ2v) is 5.52. The minimum atomic E-state index is -0.772. The van der Waals surface area contributed by atoms with Crippen molar-refractivity contribution in [1.82, 2.24) is 0 Å². The molecule has 0 saturated carbocycles. The van der Waals surface area contributed by atoms with Crippen LogP contribution in [0.5, 0.6) is 0 Å². The van der Waals surface area contributed by atoms with Crippen LogP contribution in [0.25, 0.3) is 0 Å². The predicted molar refractivity (Wildman–Crippen MR) is 72.9 cm³/mol. The number of hydrogen-bond acceptors (Lipinski definition) is 3. The number of benzene rings is 1. The first kappa shape index (κ1) is 13.4. The highest BCUT2D eigenvalue weighted by atomic mass is 32.2. The van der Waals surface area contributed by atoms with Crippen molar-refractivity contribution in [2.24, 2.45) is 0 Å². The molecule has 1 aliphatic rings. The zero-order valence-electron chi connectivity index (χ0n) is 10.3. The fraction of sp³-hybridized carbons (Fsp3) is 0.500. The van der Waals surface area contributed by atoms with Gasteiger partial charge in [-0.25, -0.2) is 0 Å². The van der Waals surface area contributed by atoms with Crippen molar-refractivity contribution in [2.75, 3.05) is 12.4 Å². The van der Waals surface area contributed by atoms with Gasteiger partial charge in [0.15, 0.2) is 0 Å². The van der Waals surface area contributed by atoms with E-state index in [2.05, 4.69) is 0 Å². The summed E-state index contributed by atoms with van der Waals surface area (Å²) in [5.74, 6) is 1.09. The molecule has 1 unspecified atom stereocenters. The highest BCUT2D eigenvalue weighted by molar-refractivity contribution is 7.98. The molecule has 1 atom stereocenters. The Morgan fingerprint density at radius 1 is 1.39 bits per heavy atom. The summed E-state index contributed by atoms with van der Waals surface area (Å²) in [4.78, 5) is 10.8. The molecule has 1 saturated heterocycles. The summed E-state index contributed by atoms with van der Waals surface area (Å²) in [5, 5.41) is 8.86. The second kappa shape index (κ2) is 6.81. The van der Waals surface area contributed by atoms with Gasteiger partial charge in [-0.1, -0.05) is 24.3 Å². The van der Waals surface area contributed by atoms with Crippen LogP contribution >= 0.6 is 11.8 Å². The van der Waals surface area contributed by atoms with E-state index in [9.17, 15) is 4.79 Å². The molecule has 0 amide bonds. The van der Waals surface area contributed by atoms with Gasteiger partial charge in [-0.05, 0) is 24.0 Å². The van der Waals surface area contributed by atoms with Crippen LogP contribution in [0.4, 0.5) is 0 Å². The number of carboxylic acids is 1. The van der Waals surface area contributed by atoms with Crippen LogP contribution in [0.1, 0.15) is 24.0 Å². The predicted octanol–water partition coefficient (Wildman–Crippen LogP) is 2.73. The van der Waals surface area contributed by atoms with E-state index in [4.69, 9.17) is 9.84 Å². The molecule has 0 spiro atoms. The first-order chi connectivity index (χ1) is 8.75. The van der Waals surface area contributed by atoms with Crippen molar-refractivity contribution in [3.05, 3.63) is 35.4 Å². The van der Waals surface area contributed by atoms with Gasteiger partial charge in [-0.2, -0.15) is 11.8 Å². The van der Waals surface area contributed by atoms with Gasteiger partial charge in [0.25, 0.3) is 0 Å². The fourth-order valence-electron chi connectivity index (χ4n) is 2.11. The van der Waals surface area contributed by atoms with Crippen LogP contribution < -0.4 is 0 Å². The maximum absolute atomic E-state index is 10.8. The van der Waals surface area contributed by atoms with Crippen molar-refractivity contribution < 1.29 is 14.6 Å². The van der Waals surface area contributed by atoms with E-state index >= 15 is 0 Å². The molecule has 1 aromatic carbocycles. The number of thioether (sulfide) groups is 1. The molecule has 0 bridgehead atoms. The third-order valence-corrected chi connectivity index (χ3v) is 4.17. The molecule has 0 aliphatic carbocycles. The van der Waals surface area contributed by atoms with E-state index in [1.165, 1.54) is 6.42 Å². The average Bonchev–Trinajstić information content (AvgIpc) is 2.84. The minimum Gasteiger partial charge on any atom is -0.481 e. The first-order valence-electron chi connectivity index (χ1n) is 6.23. The van der Waals surface area contributed by atoms with Crippen LogP contribution in [0, 0.1) is 0 Å². The summed E-state index contributed by atoms with van der Waals surface area (Å²) >= 11 is 1.83. The van der Waals surface area contributed by atoms with Gasteiger partial charge >= 0.3 is 5.97 Å². The third kappa shape index (κ3) is 4.03. The van der Waals surface area contributed by atoms with Crippen molar-refractivity contribution in [2.45, 2.75) is 31.1 Å². The van der Waals surface area contributed by atoms with Gasteiger partial charge in [-0.15, -0.1) is 0 Å². The molecule has 18 heavy (non-hydrogen) atoms. The van der Waals surface area contributed by atoms with Gasteiger partial charge in [0.1, 0.15) is 0 Å². The van der Waals surface area contributed by atoms with Crippen LogP contribution in [-0.2, 0) is 21.7 Å². The third-order valence-electron chi connectivity index (χ3n) is 3.05. The van der Waals surface area contributed by atoms with Crippen molar-refractivity contribution in [3.63, 3.8) is 0 Å². The lowest BCUT2D eigenvalue weighted by Gasteiger charge is -2.10. The van der Waals surface area contributed by atoms with Crippen molar-refractivity contribution >= 4 is 17.7 Å². The summed E-state index contributed by atoms with van der Waals surface area (Å²) in [6.45, 7) is 0.890. The summed E-state index contributed by atoms with van der Waals surface area (Å²) in [6.07, 6.45) is 2.82. The zero-order chi connectivity index (χ0) is 12.8.